The number of benzene rings is 2. The molecule has 6 heteroatoms. The molecule has 2 amide bonds. The highest BCUT2D eigenvalue weighted by molar-refractivity contribution is 6.06. The van der Waals surface area contributed by atoms with Crippen LogP contribution in [0.4, 0.5) is 11.6 Å². The van der Waals surface area contributed by atoms with Crippen molar-refractivity contribution in [1.82, 2.24) is 4.98 Å². The number of anilines is 2. The van der Waals surface area contributed by atoms with Crippen LogP contribution >= 0.6 is 0 Å². The SMILES string of the molecule is NCCCC(=O)Nc1cccc(NC(=O)c2ccc3ccccc3c2)n1. The molecule has 132 valence electrons. The second kappa shape index (κ2) is 8.22. The minimum Gasteiger partial charge on any atom is -0.330 e. The molecule has 0 saturated heterocycles. The summed E-state index contributed by atoms with van der Waals surface area (Å²) in [4.78, 5) is 28.5. The second-order valence-electron chi connectivity index (χ2n) is 5.86. The molecule has 0 radical (unpaired) electrons. The zero-order valence-corrected chi connectivity index (χ0v) is 14.2. The molecule has 0 spiro atoms. The molecule has 0 unspecified atom stereocenters. The fourth-order valence-electron chi connectivity index (χ4n) is 2.56. The van der Waals surface area contributed by atoms with Crippen molar-refractivity contribution in [2.45, 2.75) is 12.8 Å². The normalized spacial score (nSPS) is 10.5. The molecule has 0 saturated carbocycles. The first-order valence-corrected chi connectivity index (χ1v) is 8.43. The van der Waals surface area contributed by atoms with Gasteiger partial charge in [0.2, 0.25) is 5.91 Å². The Bertz CT molecular complexity index is 940. The number of aromatic nitrogens is 1. The molecule has 0 atom stereocenters. The molecule has 0 aliphatic carbocycles. The Morgan fingerprint density at radius 3 is 2.38 bits per heavy atom. The van der Waals surface area contributed by atoms with Crippen molar-refractivity contribution in [3.8, 4) is 0 Å². The number of nitrogens with zero attached hydrogens (tertiary/aromatic N) is 1. The predicted octanol–water partition coefficient (Wildman–Crippen LogP) is 3.16. The van der Waals surface area contributed by atoms with Crippen molar-refractivity contribution in [2.24, 2.45) is 5.73 Å². The van der Waals surface area contributed by atoms with Crippen molar-refractivity contribution in [2.75, 3.05) is 17.2 Å². The highest BCUT2D eigenvalue weighted by atomic mass is 16.2. The first-order valence-electron chi connectivity index (χ1n) is 8.43. The van der Waals surface area contributed by atoms with E-state index in [2.05, 4.69) is 15.6 Å². The van der Waals surface area contributed by atoms with E-state index in [9.17, 15) is 9.59 Å². The number of carbonyl (C=O) groups is 2. The van der Waals surface area contributed by atoms with Crippen molar-refractivity contribution >= 4 is 34.2 Å². The Morgan fingerprint density at radius 1 is 0.885 bits per heavy atom. The van der Waals surface area contributed by atoms with Crippen LogP contribution < -0.4 is 16.4 Å². The molecule has 1 heterocycles. The van der Waals surface area contributed by atoms with Gasteiger partial charge in [-0.25, -0.2) is 4.98 Å². The summed E-state index contributed by atoms with van der Waals surface area (Å²) in [7, 11) is 0. The number of carbonyl (C=O) groups excluding carboxylic acids is 2. The van der Waals surface area contributed by atoms with Crippen LogP contribution in [0.15, 0.2) is 60.7 Å². The maximum Gasteiger partial charge on any atom is 0.256 e. The van der Waals surface area contributed by atoms with Crippen molar-refractivity contribution in [1.29, 1.82) is 0 Å². The van der Waals surface area contributed by atoms with Gasteiger partial charge < -0.3 is 16.4 Å². The first-order chi connectivity index (χ1) is 12.7. The molecule has 6 nitrogen and oxygen atoms in total. The van der Waals surface area contributed by atoms with Gasteiger partial charge in [-0.15, -0.1) is 0 Å². The minimum absolute atomic E-state index is 0.152. The van der Waals surface area contributed by atoms with Gasteiger partial charge in [-0.3, -0.25) is 9.59 Å². The van der Waals surface area contributed by atoms with Crippen molar-refractivity contribution in [3.63, 3.8) is 0 Å². The number of pyridine rings is 1. The minimum atomic E-state index is -0.255. The Kier molecular flexibility index (Phi) is 5.56. The van der Waals surface area contributed by atoms with Crippen LogP contribution in [0.2, 0.25) is 0 Å². The average molecular weight is 348 g/mol. The maximum atomic E-state index is 12.5. The number of amides is 2. The average Bonchev–Trinajstić information content (AvgIpc) is 2.66. The molecule has 0 aliphatic rings. The van der Waals surface area contributed by atoms with E-state index in [0.29, 0.717) is 36.6 Å². The molecular weight excluding hydrogens is 328 g/mol. The first kappa shape index (κ1) is 17.6. The topological polar surface area (TPSA) is 97.1 Å². The summed E-state index contributed by atoms with van der Waals surface area (Å²) >= 11 is 0. The Hall–Kier alpha value is -3.25. The molecule has 0 fully saturated rings. The largest absolute Gasteiger partial charge is 0.330 e. The van der Waals surface area contributed by atoms with Gasteiger partial charge in [-0.05, 0) is 48.0 Å². The molecule has 26 heavy (non-hydrogen) atoms. The van der Waals surface area contributed by atoms with Crippen LogP contribution in [-0.4, -0.2) is 23.3 Å². The van der Waals surface area contributed by atoms with E-state index in [4.69, 9.17) is 5.73 Å². The molecule has 0 aliphatic heterocycles. The van der Waals surface area contributed by atoms with Crippen LogP contribution in [-0.2, 0) is 4.79 Å². The van der Waals surface area contributed by atoms with Crippen LogP contribution in [0.1, 0.15) is 23.2 Å². The van der Waals surface area contributed by atoms with Gasteiger partial charge in [0.25, 0.3) is 5.91 Å². The van der Waals surface area contributed by atoms with Gasteiger partial charge in [0.1, 0.15) is 11.6 Å². The van der Waals surface area contributed by atoms with Crippen molar-refractivity contribution < 1.29 is 9.59 Å². The Labute approximate surface area is 151 Å². The lowest BCUT2D eigenvalue weighted by molar-refractivity contribution is -0.116. The van der Waals surface area contributed by atoms with Gasteiger partial charge in [0, 0.05) is 12.0 Å². The van der Waals surface area contributed by atoms with Gasteiger partial charge in [0.05, 0.1) is 0 Å². The summed E-state index contributed by atoms with van der Waals surface area (Å²) in [5, 5.41) is 7.52. The smallest absolute Gasteiger partial charge is 0.256 e. The summed E-state index contributed by atoms with van der Waals surface area (Å²) in [6.07, 6.45) is 0.954. The van der Waals surface area contributed by atoms with E-state index < -0.39 is 0 Å². The lowest BCUT2D eigenvalue weighted by atomic mass is 10.1. The fourth-order valence-corrected chi connectivity index (χ4v) is 2.56. The zero-order valence-electron chi connectivity index (χ0n) is 14.2. The maximum absolute atomic E-state index is 12.5. The van der Waals surface area contributed by atoms with E-state index in [1.165, 1.54) is 0 Å². The van der Waals surface area contributed by atoms with Crippen molar-refractivity contribution in [3.05, 3.63) is 66.2 Å². The van der Waals surface area contributed by atoms with Gasteiger partial charge in [0.15, 0.2) is 0 Å². The highest BCUT2D eigenvalue weighted by Gasteiger charge is 2.09. The number of nitrogens with two attached hydrogens (primary N) is 1. The van der Waals surface area contributed by atoms with E-state index in [-0.39, 0.29) is 11.8 Å². The molecule has 0 bridgehead atoms. The van der Waals surface area contributed by atoms with E-state index in [1.807, 2.05) is 36.4 Å². The quantitative estimate of drug-likeness (QED) is 0.637. The second-order valence-corrected chi connectivity index (χ2v) is 5.86. The monoisotopic (exact) mass is 348 g/mol. The predicted molar refractivity (Wildman–Crippen MR) is 103 cm³/mol. The molecular formula is C20H20N4O2. The number of hydrogen-bond acceptors (Lipinski definition) is 4. The third-order valence-electron chi connectivity index (χ3n) is 3.88. The highest BCUT2D eigenvalue weighted by Crippen LogP contribution is 2.17. The molecule has 3 aromatic rings. The van der Waals surface area contributed by atoms with Gasteiger partial charge in [-0.2, -0.15) is 0 Å². The number of nitrogens with one attached hydrogen (secondary N) is 2. The molecule has 1 aromatic heterocycles. The summed E-state index contributed by atoms with van der Waals surface area (Å²) in [6, 6.07) is 18.4. The number of fused-ring (bicyclic) bond motifs is 1. The van der Waals surface area contributed by atoms with E-state index in [1.54, 1.807) is 24.3 Å². The number of hydrogen-bond donors (Lipinski definition) is 3. The number of rotatable bonds is 6. The standard InChI is InChI=1S/C20H20N4O2/c21-12-4-9-19(25)23-17-7-3-8-18(22-17)24-20(26)16-11-10-14-5-1-2-6-15(14)13-16/h1-3,5-8,10-11,13H,4,9,12,21H2,(H2,22,23,24,25,26). The van der Waals surface area contributed by atoms with Crippen LogP contribution in [0, 0.1) is 0 Å². The third kappa shape index (κ3) is 4.43. The van der Waals surface area contributed by atoms with Gasteiger partial charge >= 0.3 is 0 Å². The molecule has 3 rings (SSSR count). The van der Waals surface area contributed by atoms with E-state index in [0.717, 1.165) is 10.8 Å². The molecule has 2 aromatic carbocycles. The molecule has 4 N–H and O–H groups in total. The fraction of sp³-hybridized carbons (Fsp3) is 0.150. The lowest BCUT2D eigenvalue weighted by Gasteiger charge is -2.08. The van der Waals surface area contributed by atoms with Gasteiger partial charge in [-0.1, -0.05) is 36.4 Å². The Balaban J connectivity index is 1.70. The summed E-state index contributed by atoms with van der Waals surface area (Å²) < 4.78 is 0. The van der Waals surface area contributed by atoms with Crippen LogP contribution in [0.3, 0.4) is 0 Å². The lowest BCUT2D eigenvalue weighted by Crippen LogP contribution is -2.16. The third-order valence-corrected chi connectivity index (χ3v) is 3.88. The van der Waals surface area contributed by atoms with Crippen LogP contribution in [0.5, 0.6) is 0 Å². The van der Waals surface area contributed by atoms with E-state index >= 15 is 0 Å². The zero-order chi connectivity index (χ0) is 18.4. The summed E-state index contributed by atoms with van der Waals surface area (Å²) in [6.45, 7) is 0.461. The van der Waals surface area contributed by atoms with Crippen LogP contribution in [0.25, 0.3) is 10.8 Å². The summed E-state index contributed by atoms with van der Waals surface area (Å²) in [5.74, 6) is 0.360. The Morgan fingerprint density at radius 2 is 1.62 bits per heavy atom. The summed E-state index contributed by atoms with van der Waals surface area (Å²) in [5.41, 5.74) is 5.94.